The molecule has 1 aromatic heterocycles. The van der Waals surface area contributed by atoms with Gasteiger partial charge in [-0.15, -0.1) is 0 Å². The molecule has 0 atom stereocenters. The minimum atomic E-state index is -0.573. The van der Waals surface area contributed by atoms with E-state index in [9.17, 15) is 14.4 Å². The third-order valence-electron chi connectivity index (χ3n) is 1.69. The number of hydrogen-bond acceptors (Lipinski definition) is 3. The molecule has 1 rings (SSSR count). The molecule has 0 aromatic carbocycles. The molecule has 0 bridgehead atoms. The van der Waals surface area contributed by atoms with Crippen molar-refractivity contribution in [2.45, 2.75) is 0 Å². The first-order chi connectivity index (χ1) is 7.00. The zero-order valence-electron chi connectivity index (χ0n) is 8.40. The third-order valence-corrected chi connectivity index (χ3v) is 1.69. The number of nitrogens with zero attached hydrogens (tertiary/aromatic N) is 1. The van der Waals surface area contributed by atoms with Gasteiger partial charge in [-0.1, -0.05) is 0 Å². The summed E-state index contributed by atoms with van der Waals surface area (Å²) in [6.45, 7) is 0. The van der Waals surface area contributed by atoms with E-state index < -0.39 is 11.2 Å². The van der Waals surface area contributed by atoms with Crippen molar-refractivity contribution in [1.29, 1.82) is 0 Å². The molecule has 2 N–H and O–H groups in total. The van der Waals surface area contributed by atoms with Crippen molar-refractivity contribution in [2.24, 2.45) is 0 Å². The number of rotatable bonds is 2. The molecule has 0 saturated carbocycles. The fourth-order valence-corrected chi connectivity index (χ4v) is 0.854. The van der Waals surface area contributed by atoms with Crippen LogP contribution in [0.1, 0.15) is 5.56 Å². The van der Waals surface area contributed by atoms with Crippen LogP contribution in [-0.4, -0.2) is 34.9 Å². The molecule has 6 heteroatoms. The van der Waals surface area contributed by atoms with Crippen LogP contribution in [0.4, 0.5) is 0 Å². The monoisotopic (exact) mass is 209 g/mol. The van der Waals surface area contributed by atoms with Crippen molar-refractivity contribution in [3.05, 3.63) is 38.7 Å². The summed E-state index contributed by atoms with van der Waals surface area (Å²) in [5.74, 6) is -0.236. The molecular weight excluding hydrogens is 198 g/mol. The molecule has 1 heterocycles. The summed E-state index contributed by atoms with van der Waals surface area (Å²) in [6.07, 6.45) is 3.85. The molecule has 6 nitrogen and oxygen atoms in total. The summed E-state index contributed by atoms with van der Waals surface area (Å²) in [6, 6.07) is 0. The minimum Gasteiger partial charge on any atom is -0.345 e. The lowest BCUT2D eigenvalue weighted by molar-refractivity contribution is -0.123. The van der Waals surface area contributed by atoms with E-state index in [1.807, 2.05) is 4.98 Å². The van der Waals surface area contributed by atoms with Crippen LogP contribution >= 0.6 is 0 Å². The zero-order valence-corrected chi connectivity index (χ0v) is 8.40. The highest BCUT2D eigenvalue weighted by Crippen LogP contribution is 1.91. The molecule has 80 valence electrons. The maximum atomic E-state index is 11.2. The summed E-state index contributed by atoms with van der Waals surface area (Å²) in [7, 11) is 3.20. The first-order valence-corrected chi connectivity index (χ1v) is 4.22. The van der Waals surface area contributed by atoms with Crippen molar-refractivity contribution in [3.8, 4) is 0 Å². The first-order valence-electron chi connectivity index (χ1n) is 4.22. The summed E-state index contributed by atoms with van der Waals surface area (Å²) in [5.41, 5.74) is -0.873. The lowest BCUT2D eigenvalue weighted by Gasteiger charge is -2.04. The van der Waals surface area contributed by atoms with E-state index in [0.29, 0.717) is 0 Å². The second kappa shape index (κ2) is 4.41. The number of hydrogen-bond donors (Lipinski definition) is 2. The van der Waals surface area contributed by atoms with E-state index in [1.165, 1.54) is 23.2 Å². The smallest absolute Gasteiger partial charge is 0.325 e. The molecule has 1 aromatic rings. The van der Waals surface area contributed by atoms with E-state index in [4.69, 9.17) is 0 Å². The van der Waals surface area contributed by atoms with Gasteiger partial charge in [-0.2, -0.15) is 0 Å². The zero-order chi connectivity index (χ0) is 11.4. The highest BCUT2D eigenvalue weighted by Gasteiger charge is 1.99. The van der Waals surface area contributed by atoms with Gasteiger partial charge < -0.3 is 9.88 Å². The largest absolute Gasteiger partial charge is 0.345 e. The number of aromatic nitrogens is 2. The average molecular weight is 209 g/mol. The maximum absolute atomic E-state index is 11.2. The van der Waals surface area contributed by atoms with Crippen molar-refractivity contribution in [2.75, 3.05) is 14.1 Å². The topological polar surface area (TPSA) is 86.0 Å². The second-order valence-corrected chi connectivity index (χ2v) is 3.09. The fourth-order valence-electron chi connectivity index (χ4n) is 0.854. The Labute approximate surface area is 85.3 Å². The number of likely N-dealkylation sites (N-methyl/N-ethyl adjacent to an activating group) is 1. The molecule has 0 aliphatic rings. The van der Waals surface area contributed by atoms with Gasteiger partial charge in [-0.05, 0) is 6.08 Å². The molecule has 0 saturated heterocycles. The van der Waals surface area contributed by atoms with Gasteiger partial charge >= 0.3 is 5.69 Å². The number of H-pyrrole nitrogens is 2. The van der Waals surface area contributed by atoms with Crippen molar-refractivity contribution in [1.82, 2.24) is 14.9 Å². The molecule has 0 fully saturated rings. The van der Waals surface area contributed by atoms with Crippen LogP contribution in [-0.2, 0) is 4.79 Å². The first kappa shape index (κ1) is 11.0. The van der Waals surface area contributed by atoms with Crippen LogP contribution in [0.5, 0.6) is 0 Å². The van der Waals surface area contributed by atoms with Gasteiger partial charge in [0.1, 0.15) is 0 Å². The third kappa shape index (κ3) is 2.94. The van der Waals surface area contributed by atoms with E-state index >= 15 is 0 Å². The highest BCUT2D eigenvalue weighted by atomic mass is 16.2. The van der Waals surface area contributed by atoms with E-state index in [0.717, 1.165) is 0 Å². The average Bonchev–Trinajstić information content (AvgIpc) is 2.15. The predicted octanol–water partition coefficient (Wildman–Crippen LogP) is -0.835. The number of amides is 1. The molecule has 0 aliphatic heterocycles. The molecule has 0 unspecified atom stereocenters. The molecule has 0 spiro atoms. The van der Waals surface area contributed by atoms with Crippen molar-refractivity contribution in [3.63, 3.8) is 0 Å². The quantitative estimate of drug-likeness (QED) is 0.623. The van der Waals surface area contributed by atoms with Gasteiger partial charge in [-0.3, -0.25) is 14.6 Å². The Hall–Kier alpha value is -2.11. The Morgan fingerprint density at radius 1 is 1.40 bits per heavy atom. The molecule has 15 heavy (non-hydrogen) atoms. The number of aromatic amines is 2. The van der Waals surface area contributed by atoms with Gasteiger partial charge in [0, 0.05) is 26.4 Å². The summed E-state index contributed by atoms with van der Waals surface area (Å²) in [4.78, 5) is 38.7. The van der Waals surface area contributed by atoms with Gasteiger partial charge in [0.25, 0.3) is 5.56 Å². The van der Waals surface area contributed by atoms with Gasteiger partial charge in [0.15, 0.2) is 0 Å². The van der Waals surface area contributed by atoms with E-state index in [2.05, 4.69) is 4.98 Å². The summed E-state index contributed by atoms with van der Waals surface area (Å²) >= 11 is 0. The standard InChI is InChI=1S/C9H11N3O3/c1-12(2)7(13)4-3-6-5-10-9(15)11-8(6)14/h3-5H,1-2H3,(H2,10,11,14,15). The Bertz CT molecular complexity index is 496. The van der Waals surface area contributed by atoms with Crippen molar-refractivity contribution < 1.29 is 4.79 Å². The van der Waals surface area contributed by atoms with Crippen LogP contribution in [0.2, 0.25) is 0 Å². The molecule has 0 aliphatic carbocycles. The molecular formula is C9H11N3O3. The second-order valence-electron chi connectivity index (χ2n) is 3.09. The van der Waals surface area contributed by atoms with Crippen LogP contribution in [0.15, 0.2) is 21.9 Å². The predicted molar refractivity (Wildman–Crippen MR) is 55.4 cm³/mol. The molecule has 1 amide bonds. The Balaban J connectivity index is 2.96. The molecule has 0 radical (unpaired) electrons. The number of carbonyl (C=O) groups excluding carboxylic acids is 1. The number of nitrogens with one attached hydrogen (secondary N) is 2. The summed E-state index contributed by atoms with van der Waals surface area (Å²) in [5, 5.41) is 0. The normalized spacial score (nSPS) is 10.5. The van der Waals surface area contributed by atoms with Crippen LogP contribution in [0, 0.1) is 0 Å². The van der Waals surface area contributed by atoms with Crippen LogP contribution in [0.25, 0.3) is 6.08 Å². The van der Waals surface area contributed by atoms with Crippen LogP contribution in [0.3, 0.4) is 0 Å². The lowest BCUT2D eigenvalue weighted by atomic mass is 10.3. The lowest BCUT2D eigenvalue weighted by Crippen LogP contribution is -2.23. The minimum absolute atomic E-state index is 0.227. The van der Waals surface area contributed by atoms with Gasteiger partial charge in [-0.25, -0.2) is 4.79 Å². The SMILES string of the molecule is CN(C)C(=O)C=Cc1c[nH]c(=O)[nH]c1=O. The Morgan fingerprint density at radius 3 is 2.60 bits per heavy atom. The fraction of sp³-hybridized carbons (Fsp3) is 0.222. The van der Waals surface area contributed by atoms with E-state index in [1.54, 1.807) is 14.1 Å². The van der Waals surface area contributed by atoms with Crippen molar-refractivity contribution >= 4 is 12.0 Å². The maximum Gasteiger partial charge on any atom is 0.325 e. The van der Waals surface area contributed by atoms with Gasteiger partial charge in [0.2, 0.25) is 5.91 Å². The number of carbonyl (C=O) groups is 1. The highest BCUT2D eigenvalue weighted by molar-refractivity contribution is 5.91. The Kier molecular flexibility index (Phi) is 3.22. The summed E-state index contributed by atoms with van der Waals surface area (Å²) < 4.78 is 0. The Morgan fingerprint density at radius 2 is 2.07 bits per heavy atom. The van der Waals surface area contributed by atoms with Crippen LogP contribution < -0.4 is 11.2 Å². The van der Waals surface area contributed by atoms with Gasteiger partial charge in [0.05, 0.1) is 5.56 Å². The van der Waals surface area contributed by atoms with E-state index in [-0.39, 0.29) is 11.5 Å².